The van der Waals surface area contributed by atoms with Crippen LogP contribution in [0.2, 0.25) is 0 Å². The summed E-state index contributed by atoms with van der Waals surface area (Å²) in [5.74, 6) is 0. The molecule has 0 aliphatic heterocycles. The van der Waals surface area contributed by atoms with E-state index in [-0.39, 0.29) is 0 Å². The molecule has 0 radical (unpaired) electrons. The van der Waals surface area contributed by atoms with Crippen LogP contribution in [0.5, 0.6) is 0 Å². The highest BCUT2D eigenvalue weighted by Gasteiger charge is 2.08. The zero-order chi connectivity index (χ0) is 15.8. The Bertz CT molecular complexity index is 483. The lowest BCUT2D eigenvalue weighted by Gasteiger charge is -2.22. The number of hydrogen-bond acceptors (Lipinski definition) is 2. The van der Waals surface area contributed by atoms with Gasteiger partial charge in [0.05, 0.1) is 0 Å². The average Bonchev–Trinajstić information content (AvgIpc) is 2.44. The number of benzene rings is 1. The molecule has 0 aromatic heterocycles. The molecular formula is C17H27N3S. The molecular weight excluding hydrogens is 278 g/mol. The summed E-state index contributed by atoms with van der Waals surface area (Å²) >= 11 is 5.27. The molecule has 3 nitrogen and oxygen atoms in total. The SMILES string of the molecule is C=C(C)CNC(=S)NCc1ccccc1CN(C)C(C)C. The molecule has 0 aliphatic rings. The Hall–Kier alpha value is -1.39. The molecule has 1 aromatic rings. The summed E-state index contributed by atoms with van der Waals surface area (Å²) in [6, 6.07) is 9.02. The van der Waals surface area contributed by atoms with Gasteiger partial charge in [-0.15, -0.1) is 0 Å². The topological polar surface area (TPSA) is 27.3 Å². The summed E-state index contributed by atoms with van der Waals surface area (Å²) in [4.78, 5) is 2.33. The van der Waals surface area contributed by atoms with Crippen LogP contribution in [0.15, 0.2) is 36.4 Å². The van der Waals surface area contributed by atoms with Crippen LogP contribution in [0.4, 0.5) is 0 Å². The highest BCUT2D eigenvalue weighted by atomic mass is 32.1. The van der Waals surface area contributed by atoms with E-state index in [4.69, 9.17) is 12.2 Å². The Morgan fingerprint density at radius 2 is 1.86 bits per heavy atom. The maximum atomic E-state index is 5.27. The molecule has 0 unspecified atom stereocenters. The smallest absolute Gasteiger partial charge is 0.166 e. The predicted molar refractivity (Wildman–Crippen MR) is 95.3 cm³/mol. The molecule has 2 N–H and O–H groups in total. The Balaban J connectivity index is 2.58. The zero-order valence-electron chi connectivity index (χ0n) is 13.6. The summed E-state index contributed by atoms with van der Waals surface area (Å²) in [6.45, 7) is 12.6. The standard InChI is InChI=1S/C17H27N3S/c1-13(2)10-18-17(21)19-11-15-8-6-7-9-16(15)12-20(5)14(3)4/h6-9,14H,1,10-12H2,2-5H3,(H2,18,19,21). The molecule has 21 heavy (non-hydrogen) atoms. The van der Waals surface area contributed by atoms with Crippen molar-refractivity contribution < 1.29 is 0 Å². The minimum atomic E-state index is 0.532. The van der Waals surface area contributed by atoms with Crippen LogP contribution in [0.3, 0.4) is 0 Å². The van der Waals surface area contributed by atoms with Crippen LogP contribution in [-0.4, -0.2) is 29.6 Å². The fourth-order valence-electron chi connectivity index (χ4n) is 1.80. The normalized spacial score (nSPS) is 10.8. The fourth-order valence-corrected chi connectivity index (χ4v) is 1.95. The van der Waals surface area contributed by atoms with Crippen LogP contribution in [0.1, 0.15) is 31.9 Å². The van der Waals surface area contributed by atoms with Crippen molar-refractivity contribution in [2.24, 2.45) is 0 Å². The molecule has 4 heteroatoms. The lowest BCUT2D eigenvalue weighted by molar-refractivity contribution is 0.265. The molecule has 0 bridgehead atoms. The lowest BCUT2D eigenvalue weighted by atomic mass is 10.1. The van der Waals surface area contributed by atoms with Gasteiger partial charge in [-0.1, -0.05) is 36.4 Å². The Morgan fingerprint density at radius 3 is 2.43 bits per heavy atom. The molecule has 0 amide bonds. The third kappa shape index (κ3) is 6.74. The molecule has 0 spiro atoms. The second-order valence-corrected chi connectivity index (χ2v) is 6.18. The van der Waals surface area contributed by atoms with Gasteiger partial charge in [0, 0.05) is 25.7 Å². The van der Waals surface area contributed by atoms with Gasteiger partial charge in [-0.2, -0.15) is 0 Å². The van der Waals surface area contributed by atoms with Gasteiger partial charge in [-0.25, -0.2) is 0 Å². The van der Waals surface area contributed by atoms with E-state index in [1.54, 1.807) is 0 Å². The maximum Gasteiger partial charge on any atom is 0.166 e. The highest BCUT2D eigenvalue weighted by molar-refractivity contribution is 7.80. The molecule has 0 saturated carbocycles. The third-order valence-corrected chi connectivity index (χ3v) is 3.70. The van der Waals surface area contributed by atoms with E-state index in [1.807, 2.05) is 6.92 Å². The van der Waals surface area contributed by atoms with Gasteiger partial charge in [0.2, 0.25) is 0 Å². The lowest BCUT2D eigenvalue weighted by Crippen LogP contribution is -2.36. The molecule has 0 aliphatic carbocycles. The van der Waals surface area contributed by atoms with Crippen LogP contribution in [-0.2, 0) is 13.1 Å². The van der Waals surface area contributed by atoms with Crippen LogP contribution in [0.25, 0.3) is 0 Å². The van der Waals surface area contributed by atoms with Crippen LogP contribution in [0, 0.1) is 0 Å². The second kappa shape index (κ2) is 8.80. The van der Waals surface area contributed by atoms with E-state index in [2.05, 4.69) is 67.3 Å². The monoisotopic (exact) mass is 305 g/mol. The summed E-state index contributed by atoms with van der Waals surface area (Å²) < 4.78 is 0. The van der Waals surface area contributed by atoms with E-state index in [0.29, 0.717) is 17.7 Å². The number of rotatable bonds is 7. The van der Waals surface area contributed by atoms with Crippen molar-refractivity contribution in [2.75, 3.05) is 13.6 Å². The summed E-state index contributed by atoms with van der Waals surface area (Å²) in [5, 5.41) is 7.07. The highest BCUT2D eigenvalue weighted by Crippen LogP contribution is 2.12. The van der Waals surface area contributed by atoms with Gasteiger partial charge in [0.1, 0.15) is 0 Å². The van der Waals surface area contributed by atoms with Crippen molar-refractivity contribution in [3.05, 3.63) is 47.5 Å². The molecule has 0 heterocycles. The van der Waals surface area contributed by atoms with Gasteiger partial charge in [0.15, 0.2) is 5.11 Å². The fraction of sp³-hybridized carbons (Fsp3) is 0.471. The first-order valence-corrected chi connectivity index (χ1v) is 7.74. The predicted octanol–water partition coefficient (Wildman–Crippen LogP) is 3.07. The van der Waals surface area contributed by atoms with Gasteiger partial charge < -0.3 is 10.6 Å². The zero-order valence-corrected chi connectivity index (χ0v) is 14.4. The van der Waals surface area contributed by atoms with Gasteiger partial charge in [0.25, 0.3) is 0 Å². The number of hydrogen-bond donors (Lipinski definition) is 2. The molecule has 0 saturated heterocycles. The second-order valence-electron chi connectivity index (χ2n) is 5.77. The Kier molecular flexibility index (Phi) is 7.40. The van der Waals surface area contributed by atoms with Gasteiger partial charge in [-0.3, -0.25) is 4.90 Å². The molecule has 0 atom stereocenters. The molecule has 1 rings (SSSR count). The number of nitrogens with zero attached hydrogens (tertiary/aromatic N) is 1. The van der Waals surface area contributed by atoms with E-state index >= 15 is 0 Å². The first kappa shape index (κ1) is 17.7. The van der Waals surface area contributed by atoms with E-state index in [0.717, 1.165) is 18.7 Å². The van der Waals surface area contributed by atoms with Crippen molar-refractivity contribution >= 4 is 17.3 Å². The van der Waals surface area contributed by atoms with Crippen molar-refractivity contribution in [3.63, 3.8) is 0 Å². The maximum absolute atomic E-state index is 5.27. The largest absolute Gasteiger partial charge is 0.359 e. The summed E-state index contributed by atoms with van der Waals surface area (Å²) in [7, 11) is 2.15. The van der Waals surface area contributed by atoms with E-state index in [1.165, 1.54) is 11.1 Å². The Morgan fingerprint density at radius 1 is 1.24 bits per heavy atom. The number of nitrogens with one attached hydrogen (secondary N) is 2. The number of thiocarbonyl (C=S) groups is 1. The molecule has 116 valence electrons. The summed E-state index contributed by atoms with van der Waals surface area (Å²) in [6.07, 6.45) is 0. The quantitative estimate of drug-likeness (QED) is 0.598. The minimum absolute atomic E-state index is 0.532. The Labute approximate surface area is 134 Å². The van der Waals surface area contributed by atoms with Crippen LogP contribution >= 0.6 is 12.2 Å². The van der Waals surface area contributed by atoms with Crippen molar-refractivity contribution in [2.45, 2.75) is 39.9 Å². The van der Waals surface area contributed by atoms with Crippen LogP contribution < -0.4 is 10.6 Å². The first-order chi connectivity index (χ1) is 9.90. The van der Waals surface area contributed by atoms with Crippen molar-refractivity contribution in [3.8, 4) is 0 Å². The van der Waals surface area contributed by atoms with E-state index in [9.17, 15) is 0 Å². The van der Waals surface area contributed by atoms with Crippen molar-refractivity contribution in [1.29, 1.82) is 0 Å². The molecule has 0 fully saturated rings. The summed E-state index contributed by atoms with van der Waals surface area (Å²) in [5.41, 5.74) is 3.69. The van der Waals surface area contributed by atoms with Gasteiger partial charge in [-0.05, 0) is 51.2 Å². The van der Waals surface area contributed by atoms with E-state index < -0.39 is 0 Å². The molecule has 1 aromatic carbocycles. The first-order valence-electron chi connectivity index (χ1n) is 7.33. The van der Waals surface area contributed by atoms with Gasteiger partial charge >= 0.3 is 0 Å². The third-order valence-electron chi connectivity index (χ3n) is 3.41. The average molecular weight is 305 g/mol. The minimum Gasteiger partial charge on any atom is -0.359 e. The van der Waals surface area contributed by atoms with Crippen molar-refractivity contribution in [1.82, 2.24) is 15.5 Å².